The van der Waals surface area contributed by atoms with Crippen LogP contribution in [-0.4, -0.2) is 17.4 Å². The summed E-state index contributed by atoms with van der Waals surface area (Å²) < 4.78 is 2.13. The Balaban J connectivity index is 2.11. The van der Waals surface area contributed by atoms with Crippen LogP contribution >= 0.6 is 31.9 Å². The van der Waals surface area contributed by atoms with Crippen molar-refractivity contribution in [3.05, 3.63) is 80.8 Å². The highest BCUT2D eigenvalue weighted by atomic mass is 79.9. The molecule has 112 valence electrons. The molecule has 1 atom stereocenters. The molecule has 0 unspecified atom stereocenters. The van der Waals surface area contributed by atoms with Gasteiger partial charge in [0.25, 0.3) is 0 Å². The van der Waals surface area contributed by atoms with Crippen molar-refractivity contribution in [3.8, 4) is 0 Å². The molecule has 0 saturated carbocycles. The third-order valence-electron chi connectivity index (χ3n) is 4.01. The molecule has 0 aromatic heterocycles. The van der Waals surface area contributed by atoms with E-state index >= 15 is 0 Å². The molecule has 0 bridgehead atoms. The number of hydrogen-bond donors (Lipinski definition) is 0. The van der Waals surface area contributed by atoms with E-state index in [1.165, 1.54) is 22.8 Å². The van der Waals surface area contributed by atoms with E-state index < -0.39 is 0 Å². The molecule has 0 spiro atoms. The molecule has 1 aliphatic heterocycles. The fourth-order valence-corrected chi connectivity index (χ4v) is 3.88. The van der Waals surface area contributed by atoms with Crippen LogP contribution in [0.15, 0.2) is 64.1 Å². The summed E-state index contributed by atoms with van der Waals surface area (Å²) >= 11 is 7.20. The first kappa shape index (κ1) is 15.5. The lowest BCUT2D eigenvalue weighted by molar-refractivity contribution is -0.127. The Morgan fingerprint density at radius 3 is 2.68 bits per heavy atom. The van der Waals surface area contributed by atoms with Crippen molar-refractivity contribution in [2.45, 2.75) is 12.5 Å². The number of carbonyl (C=O) groups excluding carboxylic acids is 1. The molecule has 1 amide bonds. The first-order valence-corrected chi connectivity index (χ1v) is 8.63. The number of hydrogen-bond acceptors (Lipinski definition) is 1. The van der Waals surface area contributed by atoms with Gasteiger partial charge in [-0.25, -0.2) is 0 Å². The molecule has 0 aliphatic carbocycles. The predicted molar refractivity (Wildman–Crippen MR) is 95.7 cm³/mol. The Labute approximate surface area is 147 Å². The number of halogens is 2. The Bertz CT molecular complexity index is 742. The van der Waals surface area contributed by atoms with E-state index in [2.05, 4.69) is 56.6 Å². The van der Waals surface area contributed by atoms with Gasteiger partial charge in [-0.1, -0.05) is 62.7 Å². The zero-order valence-electron chi connectivity index (χ0n) is 11.9. The van der Waals surface area contributed by atoms with Gasteiger partial charge >= 0.3 is 0 Å². The summed E-state index contributed by atoms with van der Waals surface area (Å²) in [5.41, 5.74) is 3.66. The van der Waals surface area contributed by atoms with Crippen molar-refractivity contribution in [2.75, 3.05) is 6.54 Å². The van der Waals surface area contributed by atoms with Crippen LogP contribution in [0, 0.1) is 0 Å². The van der Waals surface area contributed by atoms with E-state index in [1.54, 1.807) is 0 Å². The van der Waals surface area contributed by atoms with E-state index in [-0.39, 0.29) is 11.8 Å². The topological polar surface area (TPSA) is 20.3 Å². The maximum atomic E-state index is 12.1. The van der Waals surface area contributed by atoms with E-state index in [4.69, 9.17) is 0 Å². The minimum atomic E-state index is -0.0226. The second-order valence-electron chi connectivity index (χ2n) is 5.34. The second kappa shape index (κ2) is 6.39. The number of nitrogens with zero attached hydrogens (tertiary/aromatic N) is 1. The zero-order chi connectivity index (χ0) is 15.7. The highest BCUT2D eigenvalue weighted by Crippen LogP contribution is 2.38. The first-order chi connectivity index (χ1) is 10.6. The van der Waals surface area contributed by atoms with Gasteiger partial charge in [0, 0.05) is 28.0 Å². The largest absolute Gasteiger partial charge is 0.334 e. The molecule has 4 heteroatoms. The van der Waals surface area contributed by atoms with Crippen LogP contribution in [0.1, 0.15) is 22.6 Å². The van der Waals surface area contributed by atoms with Crippen LogP contribution < -0.4 is 0 Å². The number of benzene rings is 2. The number of fused-ring (bicyclic) bond motifs is 1. The molecule has 0 saturated heterocycles. The normalized spacial score (nSPS) is 17.0. The summed E-state index contributed by atoms with van der Waals surface area (Å²) in [6, 6.07) is 14.5. The minimum absolute atomic E-state index is 0.0226. The average molecular weight is 421 g/mol. The maximum Gasteiger partial charge on any atom is 0.246 e. The smallest absolute Gasteiger partial charge is 0.246 e. The molecule has 2 aromatic rings. The van der Waals surface area contributed by atoms with Gasteiger partial charge in [0.05, 0.1) is 0 Å². The Kier molecular flexibility index (Phi) is 4.50. The monoisotopic (exact) mass is 419 g/mol. The Morgan fingerprint density at radius 2 is 1.95 bits per heavy atom. The SMILES string of the molecule is C=CC(=O)N1Cc2ccc(Br)cc2[C@H](c2ccccc2Br)C1. The van der Waals surface area contributed by atoms with Crippen molar-refractivity contribution in [3.63, 3.8) is 0 Å². The lowest BCUT2D eigenvalue weighted by Crippen LogP contribution is -2.37. The molecular weight excluding hydrogens is 406 g/mol. The number of carbonyl (C=O) groups is 1. The predicted octanol–water partition coefficient (Wildman–Crippen LogP) is 4.87. The van der Waals surface area contributed by atoms with E-state index in [0.29, 0.717) is 13.1 Å². The average Bonchev–Trinajstić information content (AvgIpc) is 2.54. The van der Waals surface area contributed by atoms with Crippen LogP contribution in [-0.2, 0) is 11.3 Å². The molecule has 0 fully saturated rings. The van der Waals surface area contributed by atoms with Crippen molar-refractivity contribution >= 4 is 37.8 Å². The molecule has 3 rings (SSSR count). The maximum absolute atomic E-state index is 12.1. The molecule has 0 radical (unpaired) electrons. The van der Waals surface area contributed by atoms with Crippen LogP contribution in [0.4, 0.5) is 0 Å². The van der Waals surface area contributed by atoms with Crippen LogP contribution in [0.5, 0.6) is 0 Å². The molecule has 1 heterocycles. The first-order valence-electron chi connectivity index (χ1n) is 7.04. The molecule has 2 aromatic carbocycles. The van der Waals surface area contributed by atoms with Gasteiger partial charge in [-0.3, -0.25) is 4.79 Å². The van der Waals surface area contributed by atoms with Gasteiger partial charge in [-0.15, -0.1) is 0 Å². The Morgan fingerprint density at radius 1 is 1.18 bits per heavy atom. The van der Waals surface area contributed by atoms with Gasteiger partial charge < -0.3 is 4.90 Å². The third kappa shape index (κ3) is 2.90. The van der Waals surface area contributed by atoms with Gasteiger partial charge in [-0.05, 0) is 41.0 Å². The Hall–Kier alpha value is -1.39. The van der Waals surface area contributed by atoms with Crippen LogP contribution in [0.3, 0.4) is 0 Å². The zero-order valence-corrected chi connectivity index (χ0v) is 15.1. The summed E-state index contributed by atoms with van der Waals surface area (Å²) in [6.45, 7) is 4.91. The molecule has 2 nitrogen and oxygen atoms in total. The molecule has 22 heavy (non-hydrogen) atoms. The van der Waals surface area contributed by atoms with Crippen molar-refractivity contribution in [2.24, 2.45) is 0 Å². The summed E-state index contributed by atoms with van der Waals surface area (Å²) in [7, 11) is 0. The van der Waals surface area contributed by atoms with Gasteiger partial charge in [0.1, 0.15) is 0 Å². The molecular formula is C18H15Br2NO. The third-order valence-corrected chi connectivity index (χ3v) is 5.23. The summed E-state index contributed by atoms with van der Waals surface area (Å²) in [6.07, 6.45) is 1.39. The van der Waals surface area contributed by atoms with Crippen molar-refractivity contribution in [1.82, 2.24) is 4.90 Å². The number of amides is 1. The minimum Gasteiger partial charge on any atom is -0.334 e. The van der Waals surface area contributed by atoms with Gasteiger partial charge in [0.2, 0.25) is 5.91 Å². The van der Waals surface area contributed by atoms with E-state index in [1.807, 2.05) is 29.2 Å². The highest BCUT2D eigenvalue weighted by molar-refractivity contribution is 9.10. The molecule has 0 N–H and O–H groups in total. The fourth-order valence-electron chi connectivity index (χ4n) is 2.94. The standard InChI is InChI=1S/C18H15Br2NO/c1-2-18(22)21-10-12-7-8-13(19)9-15(12)16(11-21)14-5-3-4-6-17(14)20/h2-9,16H,1,10-11H2/t16-/m0/s1. The molecule has 1 aliphatic rings. The van der Waals surface area contributed by atoms with Crippen LogP contribution in [0.25, 0.3) is 0 Å². The lowest BCUT2D eigenvalue weighted by atomic mass is 9.84. The summed E-state index contributed by atoms with van der Waals surface area (Å²) in [4.78, 5) is 13.9. The lowest BCUT2D eigenvalue weighted by Gasteiger charge is -2.35. The van der Waals surface area contributed by atoms with Gasteiger partial charge in [-0.2, -0.15) is 0 Å². The summed E-state index contributed by atoms with van der Waals surface area (Å²) in [5, 5.41) is 0. The van der Waals surface area contributed by atoms with E-state index in [9.17, 15) is 4.79 Å². The van der Waals surface area contributed by atoms with Crippen molar-refractivity contribution in [1.29, 1.82) is 0 Å². The van der Waals surface area contributed by atoms with Gasteiger partial charge in [0.15, 0.2) is 0 Å². The summed E-state index contributed by atoms with van der Waals surface area (Å²) in [5.74, 6) is 0.131. The highest BCUT2D eigenvalue weighted by Gasteiger charge is 2.29. The number of rotatable bonds is 2. The van der Waals surface area contributed by atoms with Crippen molar-refractivity contribution < 1.29 is 4.79 Å². The quantitative estimate of drug-likeness (QED) is 0.634. The fraction of sp³-hybridized carbons (Fsp3) is 0.167. The van der Waals surface area contributed by atoms with Crippen LogP contribution in [0.2, 0.25) is 0 Å². The van der Waals surface area contributed by atoms with E-state index in [0.717, 1.165) is 8.95 Å². The second-order valence-corrected chi connectivity index (χ2v) is 7.11.